The lowest BCUT2D eigenvalue weighted by Crippen LogP contribution is -1.93. The Morgan fingerprint density at radius 3 is 2.92 bits per heavy atom. The van der Waals surface area contributed by atoms with Crippen molar-refractivity contribution < 1.29 is 9.84 Å². The van der Waals surface area contributed by atoms with Gasteiger partial charge in [0.2, 0.25) is 0 Å². The van der Waals surface area contributed by atoms with Crippen molar-refractivity contribution >= 4 is 0 Å². The number of nitrogens with zero attached hydrogens (tertiary/aromatic N) is 1. The zero-order valence-electron chi connectivity index (χ0n) is 6.69. The summed E-state index contributed by atoms with van der Waals surface area (Å²) in [5.41, 5.74) is 0.553. The van der Waals surface area contributed by atoms with Gasteiger partial charge in [-0.05, 0) is 17.7 Å². The minimum absolute atomic E-state index is 0.553. The first-order valence-corrected chi connectivity index (χ1v) is 3.49. The van der Waals surface area contributed by atoms with Gasteiger partial charge in [-0.2, -0.15) is 5.26 Å². The van der Waals surface area contributed by atoms with E-state index in [1.807, 2.05) is 0 Å². The van der Waals surface area contributed by atoms with Crippen LogP contribution < -0.4 is 4.74 Å². The molecule has 62 valence electrons. The van der Waals surface area contributed by atoms with Crippen LogP contribution in [0.4, 0.5) is 0 Å². The summed E-state index contributed by atoms with van der Waals surface area (Å²) in [5, 5.41) is 17.5. The maximum Gasteiger partial charge on any atom is 0.166 e. The summed E-state index contributed by atoms with van der Waals surface area (Å²) in [7, 11) is 1.54. The van der Waals surface area contributed by atoms with Crippen molar-refractivity contribution in [3.63, 3.8) is 0 Å². The number of nitriles is 1. The third kappa shape index (κ3) is 1.74. The van der Waals surface area contributed by atoms with Gasteiger partial charge in [-0.1, -0.05) is 12.1 Å². The Balaban J connectivity index is 2.95. The first kappa shape index (κ1) is 8.57. The monoisotopic (exact) mass is 163 g/mol. The molecule has 1 atom stereocenters. The Labute approximate surface area is 70.8 Å². The highest BCUT2D eigenvalue weighted by molar-refractivity contribution is 5.31. The fourth-order valence-electron chi connectivity index (χ4n) is 0.886. The summed E-state index contributed by atoms with van der Waals surface area (Å²) >= 11 is 0. The first-order valence-electron chi connectivity index (χ1n) is 3.49. The van der Waals surface area contributed by atoms with Gasteiger partial charge in [0.1, 0.15) is 5.75 Å². The van der Waals surface area contributed by atoms with Crippen molar-refractivity contribution in [2.24, 2.45) is 0 Å². The number of methoxy groups -OCH3 is 1. The van der Waals surface area contributed by atoms with Crippen LogP contribution in [0.5, 0.6) is 5.75 Å². The van der Waals surface area contributed by atoms with Crippen LogP contribution >= 0.6 is 0 Å². The molecule has 0 saturated heterocycles. The first-order chi connectivity index (χ1) is 5.77. The molecule has 0 radical (unpaired) electrons. The maximum atomic E-state index is 9.13. The van der Waals surface area contributed by atoms with E-state index in [-0.39, 0.29) is 0 Å². The van der Waals surface area contributed by atoms with Crippen LogP contribution in [-0.2, 0) is 0 Å². The molecule has 0 fully saturated rings. The van der Waals surface area contributed by atoms with E-state index in [4.69, 9.17) is 15.1 Å². The lowest BCUT2D eigenvalue weighted by Gasteiger charge is -2.03. The summed E-state index contributed by atoms with van der Waals surface area (Å²) in [4.78, 5) is 0. The fourth-order valence-corrected chi connectivity index (χ4v) is 0.886. The Kier molecular flexibility index (Phi) is 2.67. The summed E-state index contributed by atoms with van der Waals surface area (Å²) < 4.78 is 4.93. The van der Waals surface area contributed by atoms with E-state index in [0.29, 0.717) is 11.3 Å². The standard InChI is InChI=1S/C9H9NO2/c1-12-8-4-2-3-7(5-8)9(11)6-10/h2-5,9,11H,1H3. The second-order valence-electron chi connectivity index (χ2n) is 2.31. The highest BCUT2D eigenvalue weighted by Gasteiger charge is 2.05. The van der Waals surface area contributed by atoms with E-state index in [1.165, 1.54) is 7.11 Å². The van der Waals surface area contributed by atoms with Crippen molar-refractivity contribution in [3.8, 4) is 11.8 Å². The molecular weight excluding hydrogens is 154 g/mol. The Bertz CT molecular complexity index is 304. The lowest BCUT2D eigenvalue weighted by molar-refractivity contribution is 0.235. The third-order valence-electron chi connectivity index (χ3n) is 1.53. The summed E-state index contributed by atoms with van der Waals surface area (Å²) in [6, 6.07) is 8.53. The van der Waals surface area contributed by atoms with Crippen molar-refractivity contribution in [2.45, 2.75) is 6.10 Å². The van der Waals surface area contributed by atoms with Crippen LogP contribution in [0.1, 0.15) is 11.7 Å². The van der Waals surface area contributed by atoms with Gasteiger partial charge >= 0.3 is 0 Å². The summed E-state index contributed by atoms with van der Waals surface area (Å²) in [6.45, 7) is 0. The topological polar surface area (TPSA) is 53.2 Å². The van der Waals surface area contributed by atoms with Crippen LogP contribution in [0, 0.1) is 11.3 Å². The molecule has 0 heterocycles. The van der Waals surface area contributed by atoms with Crippen LogP contribution in [0.3, 0.4) is 0 Å². The molecule has 1 rings (SSSR count). The molecule has 0 aromatic heterocycles. The average Bonchev–Trinajstić information content (AvgIpc) is 2.17. The fraction of sp³-hybridized carbons (Fsp3) is 0.222. The molecule has 3 nitrogen and oxygen atoms in total. The van der Waals surface area contributed by atoms with Gasteiger partial charge in [0.25, 0.3) is 0 Å². The normalized spacial score (nSPS) is 11.8. The van der Waals surface area contributed by atoms with Crippen LogP contribution in [0.15, 0.2) is 24.3 Å². The van der Waals surface area contributed by atoms with E-state index in [9.17, 15) is 0 Å². The molecule has 0 spiro atoms. The molecule has 0 aliphatic carbocycles. The summed E-state index contributed by atoms with van der Waals surface area (Å²) in [5.74, 6) is 0.641. The molecule has 12 heavy (non-hydrogen) atoms. The van der Waals surface area contributed by atoms with Crippen LogP contribution in [0.25, 0.3) is 0 Å². The number of ether oxygens (including phenoxy) is 1. The minimum atomic E-state index is -1.07. The van der Waals surface area contributed by atoms with E-state index >= 15 is 0 Å². The van der Waals surface area contributed by atoms with Crippen LogP contribution in [-0.4, -0.2) is 12.2 Å². The molecule has 1 unspecified atom stereocenters. The molecule has 0 bridgehead atoms. The molecular formula is C9H9NO2. The smallest absolute Gasteiger partial charge is 0.166 e. The average molecular weight is 163 g/mol. The van der Waals surface area contributed by atoms with E-state index in [1.54, 1.807) is 30.3 Å². The Hall–Kier alpha value is -1.53. The second-order valence-corrected chi connectivity index (χ2v) is 2.31. The van der Waals surface area contributed by atoms with Gasteiger partial charge in [0.05, 0.1) is 13.2 Å². The molecule has 0 aliphatic heterocycles. The van der Waals surface area contributed by atoms with Crippen molar-refractivity contribution in [1.29, 1.82) is 5.26 Å². The highest BCUT2D eigenvalue weighted by atomic mass is 16.5. The van der Waals surface area contributed by atoms with E-state index in [0.717, 1.165) is 0 Å². The molecule has 0 amide bonds. The number of benzene rings is 1. The SMILES string of the molecule is COc1cccc(C(O)C#N)c1. The van der Waals surface area contributed by atoms with Crippen molar-refractivity contribution in [2.75, 3.05) is 7.11 Å². The number of hydrogen-bond donors (Lipinski definition) is 1. The van der Waals surface area contributed by atoms with Gasteiger partial charge < -0.3 is 9.84 Å². The molecule has 3 heteroatoms. The van der Waals surface area contributed by atoms with Gasteiger partial charge in [-0.15, -0.1) is 0 Å². The number of hydrogen-bond acceptors (Lipinski definition) is 3. The van der Waals surface area contributed by atoms with Gasteiger partial charge in [0.15, 0.2) is 6.10 Å². The third-order valence-corrected chi connectivity index (χ3v) is 1.53. The van der Waals surface area contributed by atoms with Crippen molar-refractivity contribution in [1.82, 2.24) is 0 Å². The number of aliphatic hydroxyl groups excluding tert-OH is 1. The number of rotatable bonds is 2. The highest BCUT2D eigenvalue weighted by Crippen LogP contribution is 2.17. The lowest BCUT2D eigenvalue weighted by atomic mass is 10.1. The van der Waals surface area contributed by atoms with E-state index in [2.05, 4.69) is 0 Å². The molecule has 0 saturated carbocycles. The second kappa shape index (κ2) is 3.74. The van der Waals surface area contributed by atoms with Gasteiger partial charge in [0, 0.05) is 0 Å². The summed E-state index contributed by atoms with van der Waals surface area (Å²) in [6.07, 6.45) is -1.07. The largest absolute Gasteiger partial charge is 0.497 e. The maximum absolute atomic E-state index is 9.13. The zero-order valence-corrected chi connectivity index (χ0v) is 6.69. The molecule has 1 aromatic rings. The predicted molar refractivity (Wildman–Crippen MR) is 43.6 cm³/mol. The van der Waals surface area contributed by atoms with Crippen molar-refractivity contribution in [3.05, 3.63) is 29.8 Å². The van der Waals surface area contributed by atoms with Gasteiger partial charge in [-0.3, -0.25) is 0 Å². The predicted octanol–water partition coefficient (Wildman–Crippen LogP) is 1.25. The zero-order chi connectivity index (χ0) is 8.97. The Morgan fingerprint density at radius 2 is 2.33 bits per heavy atom. The minimum Gasteiger partial charge on any atom is -0.497 e. The molecule has 1 N–H and O–H groups in total. The molecule has 1 aromatic carbocycles. The van der Waals surface area contributed by atoms with Gasteiger partial charge in [-0.25, -0.2) is 0 Å². The number of aliphatic hydroxyl groups is 1. The van der Waals surface area contributed by atoms with E-state index < -0.39 is 6.10 Å². The quantitative estimate of drug-likeness (QED) is 0.667. The molecule has 0 aliphatic rings. The Morgan fingerprint density at radius 1 is 1.58 bits per heavy atom. The van der Waals surface area contributed by atoms with Crippen LogP contribution in [0.2, 0.25) is 0 Å².